The number of hydrogen-bond donors (Lipinski definition) is 0. The summed E-state index contributed by atoms with van der Waals surface area (Å²) in [5.74, 6) is 0. The molecule has 0 aliphatic rings. The number of fused-ring (bicyclic) bond motifs is 6. The summed E-state index contributed by atoms with van der Waals surface area (Å²) < 4.78 is 4.91. The Morgan fingerprint density at radius 1 is 0.216 bits per heavy atom. The van der Waals surface area contributed by atoms with Gasteiger partial charge in [0.05, 0.1) is 22.1 Å². The zero-order chi connectivity index (χ0) is 51.4. The molecule has 0 aliphatic carbocycles. The SMILES string of the molecule is Cc1cc(C)c(-c2ccc3c(c2)c2cc(-c4cc(C)c(C)cc4C)ccc2n3-c2ccc(-c3ccc(-n4c5ccc(-c6c(C)cc(C)cc6C)cc5c5cc(-c6c(C)cc(C)cc6C)ccc54)cc3)cc2)c(C)c1. The van der Waals surface area contributed by atoms with Crippen molar-refractivity contribution in [1.29, 1.82) is 0 Å². The van der Waals surface area contributed by atoms with Gasteiger partial charge in [-0.2, -0.15) is 0 Å². The van der Waals surface area contributed by atoms with E-state index in [9.17, 15) is 0 Å². The van der Waals surface area contributed by atoms with Crippen LogP contribution >= 0.6 is 0 Å². The molecule has 12 aromatic rings. The molecule has 2 nitrogen and oxygen atoms in total. The van der Waals surface area contributed by atoms with E-state index in [0.29, 0.717) is 0 Å². The lowest BCUT2D eigenvalue weighted by Gasteiger charge is -2.13. The van der Waals surface area contributed by atoms with Crippen LogP contribution in [0.2, 0.25) is 0 Å². The minimum atomic E-state index is 1.15. The van der Waals surface area contributed by atoms with E-state index in [2.05, 4.69) is 262 Å². The molecule has 0 fully saturated rings. The van der Waals surface area contributed by atoms with Crippen LogP contribution in [0.25, 0.3) is 111 Å². The quantitative estimate of drug-likeness (QED) is 0.151. The summed E-state index contributed by atoms with van der Waals surface area (Å²) in [5.41, 5.74) is 35.5. The van der Waals surface area contributed by atoms with Crippen LogP contribution in [-0.4, -0.2) is 9.13 Å². The van der Waals surface area contributed by atoms with E-state index in [1.165, 1.54) is 166 Å². The van der Waals surface area contributed by atoms with Crippen LogP contribution in [0.3, 0.4) is 0 Å². The molecule has 74 heavy (non-hydrogen) atoms. The average molecular weight is 957 g/mol. The van der Waals surface area contributed by atoms with Crippen LogP contribution in [0.1, 0.15) is 66.8 Å². The first-order chi connectivity index (χ1) is 35.6. The second-order valence-electron chi connectivity index (χ2n) is 21.8. The van der Waals surface area contributed by atoms with Crippen LogP contribution in [0.5, 0.6) is 0 Å². The summed E-state index contributed by atoms with van der Waals surface area (Å²) in [6.07, 6.45) is 0. The van der Waals surface area contributed by atoms with Crippen molar-refractivity contribution in [2.24, 2.45) is 0 Å². The van der Waals surface area contributed by atoms with Gasteiger partial charge >= 0.3 is 0 Å². The number of rotatable bonds is 7. The van der Waals surface area contributed by atoms with Crippen molar-refractivity contribution in [2.45, 2.75) is 83.1 Å². The monoisotopic (exact) mass is 957 g/mol. The maximum atomic E-state index is 2.46. The molecule has 12 rings (SSSR count). The van der Waals surface area contributed by atoms with Gasteiger partial charge in [-0.25, -0.2) is 0 Å². The molecule has 2 heterocycles. The number of hydrogen-bond acceptors (Lipinski definition) is 0. The third kappa shape index (κ3) is 7.78. The van der Waals surface area contributed by atoms with Gasteiger partial charge in [-0.15, -0.1) is 0 Å². The van der Waals surface area contributed by atoms with E-state index >= 15 is 0 Å². The Balaban J connectivity index is 0.950. The summed E-state index contributed by atoms with van der Waals surface area (Å²) in [5, 5.41) is 5.05. The Bertz CT molecular complexity index is 4100. The van der Waals surface area contributed by atoms with Gasteiger partial charge in [0.1, 0.15) is 0 Å². The van der Waals surface area contributed by atoms with E-state index in [4.69, 9.17) is 0 Å². The zero-order valence-electron chi connectivity index (χ0n) is 45.1. The number of benzene rings is 10. The lowest BCUT2D eigenvalue weighted by atomic mass is 9.91. The standard InChI is InChI=1S/C72H64N2/c1-41-29-47(7)70(48(8)30-41)56-18-26-67-63(38-56)62-37-55(61-36-45(5)44(4)35-46(61)6)17-25-66(62)73(67)59-21-13-53(14-22-59)54-15-23-60(24-16-54)74-68-27-19-57(71-49(9)31-42(2)32-50(71)10)39-64(68)65-40-58(20-28-69(65)74)72-51(11)33-43(3)34-52(72)12/h13-40H,1-12H3. The first-order valence-corrected chi connectivity index (χ1v) is 26.3. The van der Waals surface area contributed by atoms with Gasteiger partial charge in [0.25, 0.3) is 0 Å². The zero-order valence-corrected chi connectivity index (χ0v) is 45.1. The molecule has 10 aromatic carbocycles. The van der Waals surface area contributed by atoms with E-state index in [1.807, 2.05) is 0 Å². The first kappa shape index (κ1) is 46.8. The van der Waals surface area contributed by atoms with Gasteiger partial charge in [0.2, 0.25) is 0 Å². The van der Waals surface area contributed by atoms with E-state index < -0.39 is 0 Å². The van der Waals surface area contributed by atoms with Crippen molar-refractivity contribution in [2.75, 3.05) is 0 Å². The van der Waals surface area contributed by atoms with Crippen molar-refractivity contribution in [3.8, 4) is 67.0 Å². The summed E-state index contributed by atoms with van der Waals surface area (Å²) >= 11 is 0. The molecule has 362 valence electrons. The highest BCUT2D eigenvalue weighted by Crippen LogP contribution is 2.42. The van der Waals surface area contributed by atoms with Gasteiger partial charge in [-0.1, -0.05) is 114 Å². The molecule has 0 saturated carbocycles. The first-order valence-electron chi connectivity index (χ1n) is 26.3. The predicted octanol–water partition coefficient (Wildman–Crippen LogP) is 19.9. The lowest BCUT2D eigenvalue weighted by Crippen LogP contribution is -1.95. The van der Waals surface area contributed by atoms with E-state index in [0.717, 1.165) is 11.4 Å². The molecular formula is C72H64N2. The second-order valence-corrected chi connectivity index (χ2v) is 21.8. The van der Waals surface area contributed by atoms with Crippen LogP contribution < -0.4 is 0 Å². The molecule has 0 saturated heterocycles. The summed E-state index contributed by atoms with van der Waals surface area (Å²) in [4.78, 5) is 0. The molecule has 0 bridgehead atoms. The maximum absolute atomic E-state index is 2.46. The summed E-state index contributed by atoms with van der Waals surface area (Å²) in [6.45, 7) is 26.7. The Hall–Kier alpha value is -8.20. The molecular weight excluding hydrogens is 893 g/mol. The largest absolute Gasteiger partial charge is 0.309 e. The Kier molecular flexibility index (Phi) is 11.3. The molecule has 2 heteroatoms. The number of aryl methyl sites for hydroxylation is 12. The molecule has 0 amide bonds. The van der Waals surface area contributed by atoms with Crippen LogP contribution in [-0.2, 0) is 0 Å². The topological polar surface area (TPSA) is 9.86 Å². The number of aromatic nitrogens is 2. The summed E-state index contributed by atoms with van der Waals surface area (Å²) in [7, 11) is 0. The van der Waals surface area contributed by atoms with Crippen molar-refractivity contribution in [1.82, 2.24) is 9.13 Å². The molecule has 0 unspecified atom stereocenters. The third-order valence-corrected chi connectivity index (χ3v) is 16.2. The number of nitrogens with zero attached hydrogens (tertiary/aromatic N) is 2. The van der Waals surface area contributed by atoms with E-state index in [-0.39, 0.29) is 0 Å². The van der Waals surface area contributed by atoms with Gasteiger partial charge in [-0.3, -0.25) is 0 Å². The highest BCUT2D eigenvalue weighted by molar-refractivity contribution is 6.13. The van der Waals surface area contributed by atoms with Crippen molar-refractivity contribution >= 4 is 43.6 Å². The molecule has 0 spiro atoms. The van der Waals surface area contributed by atoms with Crippen LogP contribution in [0.15, 0.2) is 170 Å². The smallest absolute Gasteiger partial charge is 0.0541 e. The highest BCUT2D eigenvalue weighted by Gasteiger charge is 2.20. The normalized spacial score (nSPS) is 11.8. The van der Waals surface area contributed by atoms with Crippen molar-refractivity contribution in [3.63, 3.8) is 0 Å². The van der Waals surface area contributed by atoms with Gasteiger partial charge in [0, 0.05) is 32.9 Å². The molecule has 0 atom stereocenters. The van der Waals surface area contributed by atoms with Gasteiger partial charge < -0.3 is 9.13 Å². The second kappa shape index (κ2) is 17.8. The molecule has 0 N–H and O–H groups in total. The third-order valence-electron chi connectivity index (χ3n) is 16.2. The Morgan fingerprint density at radius 2 is 0.486 bits per heavy atom. The van der Waals surface area contributed by atoms with Crippen LogP contribution in [0.4, 0.5) is 0 Å². The lowest BCUT2D eigenvalue weighted by molar-refractivity contribution is 1.18. The van der Waals surface area contributed by atoms with E-state index in [1.54, 1.807) is 0 Å². The Labute approximate surface area is 437 Å². The minimum Gasteiger partial charge on any atom is -0.309 e. The fourth-order valence-corrected chi connectivity index (χ4v) is 13.0. The van der Waals surface area contributed by atoms with Crippen molar-refractivity contribution < 1.29 is 0 Å². The average Bonchev–Trinajstić information content (AvgIpc) is 3.87. The minimum absolute atomic E-state index is 1.15. The summed E-state index contributed by atoms with van der Waals surface area (Å²) in [6, 6.07) is 65.2. The van der Waals surface area contributed by atoms with Gasteiger partial charge in [-0.05, 0) is 262 Å². The molecule has 0 radical (unpaired) electrons. The fraction of sp³-hybridized carbons (Fsp3) is 0.167. The fourth-order valence-electron chi connectivity index (χ4n) is 13.0. The molecule has 2 aromatic heterocycles. The van der Waals surface area contributed by atoms with Crippen LogP contribution in [0, 0.1) is 83.1 Å². The van der Waals surface area contributed by atoms with Gasteiger partial charge in [0.15, 0.2) is 0 Å². The predicted molar refractivity (Wildman–Crippen MR) is 319 cm³/mol. The maximum Gasteiger partial charge on any atom is 0.0541 e. The van der Waals surface area contributed by atoms with Crippen molar-refractivity contribution in [3.05, 3.63) is 237 Å². The Morgan fingerprint density at radius 3 is 0.811 bits per heavy atom. The molecule has 0 aliphatic heterocycles. The highest BCUT2D eigenvalue weighted by atomic mass is 15.0.